The van der Waals surface area contributed by atoms with Crippen molar-refractivity contribution in [2.75, 3.05) is 12.4 Å². The molecule has 0 radical (unpaired) electrons. The summed E-state index contributed by atoms with van der Waals surface area (Å²) in [4.78, 5) is 8.22. The molecule has 17 heavy (non-hydrogen) atoms. The summed E-state index contributed by atoms with van der Waals surface area (Å²) in [6.45, 7) is 0. The van der Waals surface area contributed by atoms with E-state index in [1.54, 1.807) is 31.4 Å². The lowest BCUT2D eigenvalue weighted by Crippen LogP contribution is -1.98. The molecule has 1 heterocycles. The van der Waals surface area contributed by atoms with Gasteiger partial charge in [-0.1, -0.05) is 17.7 Å². The van der Waals surface area contributed by atoms with Crippen LogP contribution in [-0.2, 0) is 0 Å². The Balaban J connectivity index is 2.29. The average Bonchev–Trinajstić information content (AvgIpc) is 2.32. The van der Waals surface area contributed by atoms with Crippen molar-refractivity contribution in [1.29, 1.82) is 0 Å². The van der Waals surface area contributed by atoms with Crippen molar-refractivity contribution in [2.24, 2.45) is 0 Å². The van der Waals surface area contributed by atoms with Gasteiger partial charge in [0.25, 0.3) is 0 Å². The fourth-order valence-electron chi connectivity index (χ4n) is 1.19. The third-order valence-electron chi connectivity index (χ3n) is 1.95. The first kappa shape index (κ1) is 12.1. The molecule has 2 aromatic rings. The number of nitrogens with one attached hydrogen (secondary N) is 1. The van der Waals surface area contributed by atoms with Gasteiger partial charge in [0.2, 0.25) is 11.8 Å². The minimum absolute atomic E-state index is 0.437. The number of rotatable bonds is 3. The number of aromatic nitrogens is 2. The fraction of sp³-hybridized carbons (Fsp3) is 0.0909. The number of anilines is 1. The summed E-state index contributed by atoms with van der Waals surface area (Å²) in [5.74, 6) is 1.55. The summed E-state index contributed by atoms with van der Waals surface area (Å²) < 4.78 is 6.29. The van der Waals surface area contributed by atoms with Gasteiger partial charge in [-0.3, -0.25) is 0 Å². The topological polar surface area (TPSA) is 47.0 Å². The molecule has 0 amide bonds. The molecule has 6 heteroatoms. The molecule has 0 aliphatic heterocycles. The molecule has 0 fully saturated rings. The Bertz CT molecular complexity index is 536. The lowest BCUT2D eigenvalue weighted by molar-refractivity contribution is 0.459. The van der Waals surface area contributed by atoms with Crippen molar-refractivity contribution in [3.05, 3.63) is 40.0 Å². The summed E-state index contributed by atoms with van der Waals surface area (Å²) in [5.41, 5.74) is 0. The van der Waals surface area contributed by atoms with E-state index in [1.165, 1.54) is 0 Å². The van der Waals surface area contributed by atoms with Gasteiger partial charge in [-0.05, 0) is 34.1 Å². The third kappa shape index (κ3) is 3.08. The molecule has 0 unspecified atom stereocenters. The van der Waals surface area contributed by atoms with Gasteiger partial charge in [-0.2, -0.15) is 4.98 Å². The van der Waals surface area contributed by atoms with Crippen LogP contribution in [0.4, 0.5) is 5.95 Å². The van der Waals surface area contributed by atoms with E-state index in [0.717, 1.165) is 0 Å². The predicted molar refractivity (Wildman–Crippen MR) is 70.8 cm³/mol. The Hall–Kier alpha value is -1.33. The number of benzene rings is 1. The normalized spacial score (nSPS) is 10.1. The maximum atomic E-state index is 5.87. The van der Waals surface area contributed by atoms with Crippen LogP contribution in [0, 0.1) is 0 Å². The minimum Gasteiger partial charge on any atom is -0.438 e. The first-order valence-electron chi connectivity index (χ1n) is 4.83. The van der Waals surface area contributed by atoms with Crippen LogP contribution >= 0.6 is 27.5 Å². The quantitative estimate of drug-likeness (QED) is 0.938. The number of hydrogen-bond acceptors (Lipinski definition) is 4. The lowest BCUT2D eigenvalue weighted by atomic mass is 10.3. The van der Waals surface area contributed by atoms with Crippen LogP contribution in [0.2, 0.25) is 5.02 Å². The summed E-state index contributed by atoms with van der Waals surface area (Å²) in [6, 6.07) is 7.11. The Morgan fingerprint density at radius 1 is 1.41 bits per heavy atom. The standard InChI is InChI=1S/C11H9BrClN3O/c1-14-11-15-6-9(12)10(16-11)17-8-4-2-3-7(13)5-8/h2-6H,1H3,(H,14,15,16). The molecule has 88 valence electrons. The molecular weight excluding hydrogens is 305 g/mol. The zero-order valence-corrected chi connectivity index (χ0v) is 11.3. The Kier molecular flexibility index (Phi) is 3.81. The molecule has 0 aliphatic carbocycles. The maximum Gasteiger partial charge on any atom is 0.238 e. The molecule has 0 atom stereocenters. The van der Waals surface area contributed by atoms with Crippen LogP contribution in [0.15, 0.2) is 34.9 Å². The molecule has 0 spiro atoms. The monoisotopic (exact) mass is 313 g/mol. The molecule has 1 aromatic carbocycles. The highest BCUT2D eigenvalue weighted by Crippen LogP contribution is 2.28. The first-order chi connectivity index (χ1) is 8.19. The van der Waals surface area contributed by atoms with Gasteiger partial charge >= 0.3 is 0 Å². The van der Waals surface area contributed by atoms with Gasteiger partial charge in [-0.25, -0.2) is 4.98 Å². The van der Waals surface area contributed by atoms with Crippen molar-refractivity contribution in [1.82, 2.24) is 9.97 Å². The Labute approximate surface area is 112 Å². The van der Waals surface area contributed by atoms with Gasteiger partial charge in [0.05, 0.1) is 10.7 Å². The number of hydrogen-bond donors (Lipinski definition) is 1. The van der Waals surface area contributed by atoms with E-state index in [1.807, 2.05) is 6.07 Å². The van der Waals surface area contributed by atoms with Crippen LogP contribution in [0.1, 0.15) is 0 Å². The van der Waals surface area contributed by atoms with Gasteiger partial charge in [0.1, 0.15) is 5.75 Å². The fourth-order valence-corrected chi connectivity index (χ4v) is 1.64. The van der Waals surface area contributed by atoms with Crippen molar-refractivity contribution >= 4 is 33.5 Å². The van der Waals surface area contributed by atoms with Gasteiger partial charge < -0.3 is 10.1 Å². The van der Waals surface area contributed by atoms with Crippen LogP contribution in [0.5, 0.6) is 11.6 Å². The Morgan fingerprint density at radius 2 is 2.24 bits per heavy atom. The second-order valence-electron chi connectivity index (χ2n) is 3.16. The molecule has 0 saturated heterocycles. The maximum absolute atomic E-state index is 5.87. The van der Waals surface area contributed by atoms with Crippen LogP contribution < -0.4 is 10.1 Å². The average molecular weight is 315 g/mol. The van der Waals surface area contributed by atoms with E-state index in [-0.39, 0.29) is 0 Å². The van der Waals surface area contributed by atoms with Gasteiger partial charge in [0, 0.05) is 12.1 Å². The number of ether oxygens (including phenoxy) is 1. The summed E-state index contributed by atoms with van der Waals surface area (Å²) in [6.07, 6.45) is 1.62. The largest absolute Gasteiger partial charge is 0.438 e. The first-order valence-corrected chi connectivity index (χ1v) is 6.00. The molecule has 2 rings (SSSR count). The molecule has 1 N–H and O–H groups in total. The third-order valence-corrected chi connectivity index (χ3v) is 2.73. The molecule has 0 saturated carbocycles. The SMILES string of the molecule is CNc1ncc(Br)c(Oc2cccc(Cl)c2)n1. The summed E-state index contributed by atoms with van der Waals surface area (Å²) >= 11 is 9.20. The van der Waals surface area contributed by atoms with E-state index in [0.29, 0.717) is 27.1 Å². The zero-order chi connectivity index (χ0) is 12.3. The van der Waals surface area contributed by atoms with Crippen LogP contribution in [0.25, 0.3) is 0 Å². The van der Waals surface area contributed by atoms with Crippen molar-refractivity contribution in [3.63, 3.8) is 0 Å². The van der Waals surface area contributed by atoms with Crippen LogP contribution in [-0.4, -0.2) is 17.0 Å². The molecular formula is C11H9BrClN3O. The second-order valence-corrected chi connectivity index (χ2v) is 4.45. The van der Waals surface area contributed by atoms with E-state index in [4.69, 9.17) is 16.3 Å². The highest BCUT2D eigenvalue weighted by atomic mass is 79.9. The predicted octanol–water partition coefficient (Wildman–Crippen LogP) is 3.73. The Morgan fingerprint density at radius 3 is 2.94 bits per heavy atom. The summed E-state index contributed by atoms with van der Waals surface area (Å²) in [7, 11) is 1.74. The van der Waals surface area contributed by atoms with E-state index < -0.39 is 0 Å². The second kappa shape index (κ2) is 5.33. The molecule has 0 bridgehead atoms. The highest BCUT2D eigenvalue weighted by molar-refractivity contribution is 9.10. The smallest absolute Gasteiger partial charge is 0.238 e. The van der Waals surface area contributed by atoms with Crippen molar-refractivity contribution < 1.29 is 4.74 Å². The number of halogens is 2. The van der Waals surface area contributed by atoms with Crippen molar-refractivity contribution in [2.45, 2.75) is 0 Å². The molecule has 4 nitrogen and oxygen atoms in total. The van der Waals surface area contributed by atoms with Crippen LogP contribution in [0.3, 0.4) is 0 Å². The highest BCUT2D eigenvalue weighted by Gasteiger charge is 2.07. The summed E-state index contributed by atoms with van der Waals surface area (Å²) in [5, 5.41) is 3.46. The molecule has 1 aromatic heterocycles. The minimum atomic E-state index is 0.437. The molecule has 0 aliphatic rings. The zero-order valence-electron chi connectivity index (χ0n) is 8.95. The van der Waals surface area contributed by atoms with E-state index >= 15 is 0 Å². The number of nitrogens with zero attached hydrogens (tertiary/aromatic N) is 2. The lowest BCUT2D eigenvalue weighted by Gasteiger charge is -2.07. The van der Waals surface area contributed by atoms with Gasteiger partial charge in [0.15, 0.2) is 0 Å². The van der Waals surface area contributed by atoms with E-state index in [2.05, 4.69) is 31.2 Å². The van der Waals surface area contributed by atoms with E-state index in [9.17, 15) is 0 Å². The van der Waals surface area contributed by atoms with Gasteiger partial charge in [-0.15, -0.1) is 0 Å². The van der Waals surface area contributed by atoms with Crippen molar-refractivity contribution in [3.8, 4) is 11.6 Å².